The van der Waals surface area contributed by atoms with Crippen molar-refractivity contribution in [3.63, 3.8) is 0 Å². The second kappa shape index (κ2) is 8.06. The van der Waals surface area contributed by atoms with Crippen LogP contribution in [0.15, 0.2) is 42.5 Å². The number of rotatable bonds is 6. The summed E-state index contributed by atoms with van der Waals surface area (Å²) in [6, 6.07) is 13.2. The highest BCUT2D eigenvalue weighted by Gasteiger charge is 2.06. The summed E-state index contributed by atoms with van der Waals surface area (Å²) >= 11 is 11.8. The minimum atomic E-state index is -0.0955. The van der Waals surface area contributed by atoms with Crippen LogP contribution in [0.5, 0.6) is 0 Å². The van der Waals surface area contributed by atoms with Gasteiger partial charge in [0.2, 0.25) is 5.91 Å². The van der Waals surface area contributed by atoms with Gasteiger partial charge in [0.15, 0.2) is 0 Å². The third-order valence-corrected chi connectivity index (χ3v) is 3.80. The minimum absolute atomic E-state index is 0.0955. The number of carbonyl (C=O) groups excluding carboxylic acids is 1. The lowest BCUT2D eigenvalue weighted by molar-refractivity contribution is -0.115. The number of amides is 1. The van der Waals surface area contributed by atoms with E-state index in [1.165, 1.54) is 5.56 Å². The van der Waals surface area contributed by atoms with Crippen molar-refractivity contribution >= 4 is 40.5 Å². The van der Waals surface area contributed by atoms with Gasteiger partial charge in [0.05, 0.1) is 10.7 Å². The lowest BCUT2D eigenvalue weighted by atomic mass is 10.1. The van der Waals surface area contributed by atoms with Crippen molar-refractivity contribution in [2.24, 2.45) is 0 Å². The van der Waals surface area contributed by atoms with E-state index in [9.17, 15) is 4.79 Å². The molecule has 0 radical (unpaired) electrons. The van der Waals surface area contributed by atoms with Gasteiger partial charge in [-0.05, 0) is 42.3 Å². The van der Waals surface area contributed by atoms with Gasteiger partial charge in [0.25, 0.3) is 0 Å². The van der Waals surface area contributed by atoms with Gasteiger partial charge in [-0.15, -0.1) is 0 Å². The molecule has 0 heterocycles. The van der Waals surface area contributed by atoms with E-state index in [0.29, 0.717) is 28.7 Å². The number of nitrogens with one attached hydrogen (secondary N) is 2. The van der Waals surface area contributed by atoms with Gasteiger partial charge < -0.3 is 10.6 Å². The van der Waals surface area contributed by atoms with Crippen molar-refractivity contribution in [3.05, 3.63) is 58.1 Å². The molecule has 116 valence electrons. The first-order valence-electron chi connectivity index (χ1n) is 7.16. The Morgan fingerprint density at radius 1 is 1.09 bits per heavy atom. The van der Waals surface area contributed by atoms with Crippen LogP contribution in [0.1, 0.15) is 18.9 Å². The first-order chi connectivity index (χ1) is 10.6. The molecule has 0 fully saturated rings. The molecule has 0 bridgehead atoms. The number of carbonyl (C=O) groups is 1. The average molecular weight is 337 g/mol. The standard InChI is InChI=1S/C17H18Cl2N2O/c1-2-12-3-6-14(7-4-12)20-10-9-17(22)21-16-8-5-13(18)11-15(16)19/h3-8,11,20H,2,9-10H2,1H3,(H,21,22). The van der Waals surface area contributed by atoms with E-state index in [1.807, 2.05) is 12.1 Å². The highest BCUT2D eigenvalue weighted by atomic mass is 35.5. The van der Waals surface area contributed by atoms with Gasteiger partial charge in [-0.3, -0.25) is 4.79 Å². The quantitative estimate of drug-likeness (QED) is 0.779. The molecule has 0 aliphatic rings. The summed E-state index contributed by atoms with van der Waals surface area (Å²) in [5.74, 6) is -0.0955. The predicted molar refractivity (Wildman–Crippen MR) is 94.0 cm³/mol. The first-order valence-corrected chi connectivity index (χ1v) is 7.92. The molecule has 3 nitrogen and oxygen atoms in total. The van der Waals surface area contributed by atoms with Crippen LogP contribution in [0.3, 0.4) is 0 Å². The summed E-state index contributed by atoms with van der Waals surface area (Å²) in [6.07, 6.45) is 1.37. The molecule has 0 saturated heterocycles. The number of aryl methyl sites for hydroxylation is 1. The van der Waals surface area contributed by atoms with E-state index in [4.69, 9.17) is 23.2 Å². The molecule has 0 atom stereocenters. The first kappa shape index (κ1) is 16.7. The summed E-state index contributed by atoms with van der Waals surface area (Å²) in [4.78, 5) is 11.9. The van der Waals surface area contributed by atoms with E-state index in [2.05, 4.69) is 29.7 Å². The Kier molecular flexibility index (Phi) is 6.10. The third kappa shape index (κ3) is 4.93. The molecule has 2 aromatic carbocycles. The predicted octanol–water partition coefficient (Wildman–Crippen LogP) is 5.00. The van der Waals surface area contributed by atoms with Crippen LogP contribution in [0.4, 0.5) is 11.4 Å². The van der Waals surface area contributed by atoms with E-state index in [0.717, 1.165) is 12.1 Å². The Balaban J connectivity index is 1.79. The molecule has 1 amide bonds. The monoisotopic (exact) mass is 336 g/mol. The van der Waals surface area contributed by atoms with Crippen molar-refractivity contribution in [2.45, 2.75) is 19.8 Å². The van der Waals surface area contributed by atoms with E-state index in [-0.39, 0.29) is 5.91 Å². The van der Waals surface area contributed by atoms with Crippen LogP contribution in [-0.4, -0.2) is 12.5 Å². The molecule has 0 unspecified atom stereocenters. The maximum Gasteiger partial charge on any atom is 0.226 e. The highest BCUT2D eigenvalue weighted by molar-refractivity contribution is 6.36. The molecule has 22 heavy (non-hydrogen) atoms. The minimum Gasteiger partial charge on any atom is -0.385 e. The summed E-state index contributed by atoms with van der Waals surface area (Å²) in [6.45, 7) is 2.68. The Labute approximate surface area is 140 Å². The Hall–Kier alpha value is -1.71. The van der Waals surface area contributed by atoms with Crippen LogP contribution in [0, 0.1) is 0 Å². The smallest absolute Gasteiger partial charge is 0.226 e. The van der Waals surface area contributed by atoms with E-state index in [1.54, 1.807) is 18.2 Å². The molecule has 0 aromatic heterocycles. The fraction of sp³-hybridized carbons (Fsp3) is 0.235. The van der Waals surface area contributed by atoms with Gasteiger partial charge in [-0.1, -0.05) is 42.3 Å². The SMILES string of the molecule is CCc1ccc(NCCC(=O)Nc2ccc(Cl)cc2Cl)cc1. The van der Waals surface area contributed by atoms with Crippen molar-refractivity contribution in [3.8, 4) is 0 Å². The van der Waals surface area contributed by atoms with Gasteiger partial charge in [-0.2, -0.15) is 0 Å². The summed E-state index contributed by atoms with van der Waals surface area (Å²) in [7, 11) is 0. The maximum absolute atomic E-state index is 11.9. The summed E-state index contributed by atoms with van der Waals surface area (Å²) < 4.78 is 0. The van der Waals surface area contributed by atoms with Crippen molar-refractivity contribution < 1.29 is 4.79 Å². The van der Waals surface area contributed by atoms with Crippen LogP contribution in [0.25, 0.3) is 0 Å². The Morgan fingerprint density at radius 3 is 2.45 bits per heavy atom. The van der Waals surface area contributed by atoms with Crippen LogP contribution in [0.2, 0.25) is 10.0 Å². The molecule has 0 spiro atoms. The number of benzene rings is 2. The van der Waals surface area contributed by atoms with Gasteiger partial charge in [-0.25, -0.2) is 0 Å². The maximum atomic E-state index is 11.9. The summed E-state index contributed by atoms with van der Waals surface area (Å²) in [5.41, 5.74) is 2.87. The molecular weight excluding hydrogens is 319 g/mol. The molecule has 5 heteroatoms. The zero-order chi connectivity index (χ0) is 15.9. The molecule has 2 aromatic rings. The largest absolute Gasteiger partial charge is 0.385 e. The van der Waals surface area contributed by atoms with Crippen LogP contribution < -0.4 is 10.6 Å². The zero-order valence-corrected chi connectivity index (χ0v) is 13.8. The topological polar surface area (TPSA) is 41.1 Å². The lowest BCUT2D eigenvalue weighted by Crippen LogP contribution is -2.16. The van der Waals surface area contributed by atoms with Gasteiger partial charge >= 0.3 is 0 Å². The zero-order valence-electron chi connectivity index (χ0n) is 12.3. The highest BCUT2D eigenvalue weighted by Crippen LogP contribution is 2.25. The van der Waals surface area contributed by atoms with Crippen molar-refractivity contribution in [1.82, 2.24) is 0 Å². The number of hydrogen-bond acceptors (Lipinski definition) is 2. The normalized spacial score (nSPS) is 10.3. The number of halogens is 2. The Morgan fingerprint density at radius 2 is 1.82 bits per heavy atom. The third-order valence-electron chi connectivity index (χ3n) is 3.25. The van der Waals surface area contributed by atoms with Crippen molar-refractivity contribution in [2.75, 3.05) is 17.2 Å². The lowest BCUT2D eigenvalue weighted by Gasteiger charge is -2.09. The fourth-order valence-electron chi connectivity index (χ4n) is 1.98. The molecular formula is C17H18Cl2N2O. The molecule has 0 aliphatic heterocycles. The van der Waals surface area contributed by atoms with Crippen molar-refractivity contribution in [1.29, 1.82) is 0 Å². The summed E-state index contributed by atoms with van der Waals surface area (Å²) in [5, 5.41) is 6.97. The number of anilines is 2. The van der Waals surface area contributed by atoms with Crippen LogP contribution >= 0.6 is 23.2 Å². The fourth-order valence-corrected chi connectivity index (χ4v) is 2.44. The molecule has 0 saturated carbocycles. The van der Waals surface area contributed by atoms with Crippen LogP contribution in [-0.2, 0) is 11.2 Å². The number of hydrogen-bond donors (Lipinski definition) is 2. The molecule has 0 aliphatic carbocycles. The average Bonchev–Trinajstić information content (AvgIpc) is 2.51. The molecule has 2 rings (SSSR count). The van der Waals surface area contributed by atoms with Gasteiger partial charge in [0.1, 0.15) is 0 Å². The van der Waals surface area contributed by atoms with Gasteiger partial charge in [0, 0.05) is 23.7 Å². The molecule has 2 N–H and O–H groups in total. The second-order valence-electron chi connectivity index (χ2n) is 4.90. The Bertz CT molecular complexity index is 642. The van der Waals surface area contributed by atoms with E-state index >= 15 is 0 Å². The second-order valence-corrected chi connectivity index (χ2v) is 5.74. The van der Waals surface area contributed by atoms with E-state index < -0.39 is 0 Å².